The Kier molecular flexibility index (Phi) is 13.6. The molecule has 0 heterocycles. The molecule has 0 amide bonds. The van der Waals surface area contributed by atoms with Crippen molar-refractivity contribution in [2.24, 2.45) is 0 Å². The van der Waals surface area contributed by atoms with E-state index < -0.39 is 31.2 Å². The van der Waals surface area contributed by atoms with Crippen molar-refractivity contribution in [2.45, 2.75) is 0 Å². The Balaban J connectivity index is 0.000000473. The zero-order valence-electron chi connectivity index (χ0n) is 16.8. The van der Waals surface area contributed by atoms with E-state index in [1.807, 2.05) is 0 Å². The van der Waals surface area contributed by atoms with Crippen molar-refractivity contribution >= 4 is 55.2 Å². The van der Waals surface area contributed by atoms with Gasteiger partial charge in [0.25, 0.3) is 0 Å². The third-order valence-electron chi connectivity index (χ3n) is 2.83. The van der Waals surface area contributed by atoms with Crippen LogP contribution in [0.25, 0.3) is 0 Å². The smallest absolute Gasteiger partial charge is 0.362 e. The van der Waals surface area contributed by atoms with E-state index in [1.54, 1.807) is 54.6 Å². The summed E-state index contributed by atoms with van der Waals surface area (Å²) in [5.74, 6) is 0.278. The zero-order chi connectivity index (χ0) is 25.0. The van der Waals surface area contributed by atoms with E-state index in [9.17, 15) is 25.3 Å². The highest BCUT2D eigenvalue weighted by Gasteiger charge is 2.05. The lowest BCUT2D eigenvalue weighted by atomic mass is 10.3. The fourth-order valence-electron chi connectivity index (χ4n) is 1.79. The normalized spacial score (nSPS) is 10.7. The summed E-state index contributed by atoms with van der Waals surface area (Å²) in [6.45, 7) is 0. The van der Waals surface area contributed by atoms with Gasteiger partial charge in [-0.2, -0.15) is 25.3 Å². The lowest BCUT2D eigenvalue weighted by molar-refractivity contribution is 0.384. The topological polar surface area (TPSA) is 191 Å². The van der Waals surface area contributed by atoms with Gasteiger partial charge in [-0.05, 0) is 36.4 Å². The third kappa shape index (κ3) is 18.0. The number of benzene rings is 3. The van der Waals surface area contributed by atoms with Crippen LogP contribution >= 0.6 is 24.0 Å². The van der Waals surface area contributed by atoms with Crippen LogP contribution in [-0.2, 0) is 31.2 Å². The highest BCUT2D eigenvalue weighted by atomic mass is 127. The average molecular weight is 650 g/mol. The van der Waals surface area contributed by atoms with Crippen molar-refractivity contribution in [3.63, 3.8) is 0 Å². The van der Waals surface area contributed by atoms with Gasteiger partial charge in [0.2, 0.25) is 0 Å². The Morgan fingerprint density at radius 1 is 0.412 bits per heavy atom. The van der Waals surface area contributed by atoms with E-state index in [4.69, 9.17) is 13.7 Å². The summed E-state index contributed by atoms with van der Waals surface area (Å²) in [6, 6.07) is 23.2. The Hall–Kier alpha value is -2.48. The van der Waals surface area contributed by atoms with E-state index in [0.29, 0.717) is 0 Å². The molecule has 3 aromatic carbocycles. The molecule has 0 saturated carbocycles. The largest absolute Gasteiger partial charge is 0.446 e. The van der Waals surface area contributed by atoms with Crippen molar-refractivity contribution in [1.82, 2.24) is 0 Å². The van der Waals surface area contributed by atoms with E-state index >= 15 is 0 Å². The molecule has 3 rings (SSSR count). The van der Waals surface area contributed by atoms with Crippen LogP contribution in [0.15, 0.2) is 91.0 Å². The van der Waals surface area contributed by atoms with Crippen molar-refractivity contribution in [1.29, 1.82) is 0 Å². The Bertz CT molecular complexity index is 1120. The number of rotatable bonds is 6. The van der Waals surface area contributed by atoms with Crippen molar-refractivity contribution < 1.29 is 51.5 Å². The molecular weight excluding hydrogens is 631 g/mol. The van der Waals surface area contributed by atoms with Crippen LogP contribution in [-0.4, -0.2) is 38.9 Å². The molecule has 0 radical (unpaired) electrons. The van der Waals surface area contributed by atoms with Gasteiger partial charge in [-0.25, -0.2) is 0 Å². The molecule has 188 valence electrons. The molecule has 34 heavy (non-hydrogen) atoms. The average Bonchev–Trinajstić information content (AvgIpc) is 2.67. The predicted molar refractivity (Wildman–Crippen MR) is 131 cm³/mol. The highest BCUT2D eigenvalue weighted by Crippen LogP contribution is 2.11. The Labute approximate surface area is 214 Å². The van der Waals surface area contributed by atoms with Crippen LogP contribution < -0.4 is 12.5 Å². The fourth-order valence-corrected chi connectivity index (χ4v) is 2.86. The maximum Gasteiger partial charge on any atom is 0.446 e. The van der Waals surface area contributed by atoms with Crippen LogP contribution in [0, 0.1) is 0 Å². The van der Waals surface area contributed by atoms with Gasteiger partial charge in [0.1, 0.15) is 17.2 Å². The van der Waals surface area contributed by atoms with Crippen LogP contribution in [0.4, 0.5) is 0 Å². The second kappa shape index (κ2) is 14.7. The van der Waals surface area contributed by atoms with Gasteiger partial charge in [-0.15, -0.1) is 24.0 Å². The van der Waals surface area contributed by atoms with Gasteiger partial charge in [0.15, 0.2) is 0 Å². The second-order valence-electron chi connectivity index (χ2n) is 5.47. The second-order valence-corrected chi connectivity index (χ2v) is 8.54. The highest BCUT2D eigenvalue weighted by molar-refractivity contribution is 14.0. The summed E-state index contributed by atoms with van der Waals surface area (Å²) in [5.41, 5.74) is 0. The molecule has 3 aromatic rings. The molecular formula is C18H19IO12S3. The van der Waals surface area contributed by atoms with E-state index in [1.165, 1.54) is 36.4 Å². The first-order valence-electron chi connectivity index (χ1n) is 8.39. The van der Waals surface area contributed by atoms with Crippen LogP contribution in [0.5, 0.6) is 17.2 Å². The zero-order valence-corrected chi connectivity index (χ0v) is 21.6. The minimum atomic E-state index is -4.38. The maximum atomic E-state index is 10.1. The summed E-state index contributed by atoms with van der Waals surface area (Å²) in [6.07, 6.45) is 0. The van der Waals surface area contributed by atoms with Gasteiger partial charge >= 0.3 is 31.2 Å². The van der Waals surface area contributed by atoms with Crippen LogP contribution in [0.1, 0.15) is 0 Å². The van der Waals surface area contributed by atoms with Gasteiger partial charge in [-0.3, -0.25) is 13.7 Å². The minimum absolute atomic E-state index is 0. The third-order valence-corrected chi connectivity index (χ3v) is 4.04. The first kappa shape index (κ1) is 31.5. The molecule has 0 unspecified atom stereocenters. The first-order chi connectivity index (χ1) is 15.2. The molecule has 0 aromatic heterocycles. The number of halogens is 1. The van der Waals surface area contributed by atoms with Gasteiger partial charge in [-0.1, -0.05) is 54.6 Å². The Morgan fingerprint density at radius 2 is 0.588 bits per heavy atom. The molecule has 0 atom stereocenters. The summed E-state index contributed by atoms with van der Waals surface area (Å²) in [4.78, 5) is 0. The maximum absolute atomic E-state index is 10.1. The van der Waals surface area contributed by atoms with E-state index in [2.05, 4.69) is 12.5 Å². The quantitative estimate of drug-likeness (QED) is 0.261. The van der Waals surface area contributed by atoms with Crippen molar-refractivity contribution in [3.8, 4) is 17.2 Å². The SMILES string of the molecule is I.O=S(=O)(O)Oc1ccccc1.O=S(=O)(O)Oc1ccccc1.O=S(=O)(O)Oc1ccccc1. The molecule has 3 N–H and O–H groups in total. The standard InChI is InChI=1S/3C6H6O4S.HI/c3*7-11(8,9)10-6-4-2-1-3-5-6;/h3*1-5H,(H,7,8,9);1H. The summed E-state index contributed by atoms with van der Waals surface area (Å²) < 4.78 is 97.9. The lowest BCUT2D eigenvalue weighted by Crippen LogP contribution is -2.06. The van der Waals surface area contributed by atoms with Gasteiger partial charge in [0.05, 0.1) is 0 Å². The first-order valence-corrected chi connectivity index (χ1v) is 12.5. The van der Waals surface area contributed by atoms with Crippen molar-refractivity contribution in [3.05, 3.63) is 91.0 Å². The molecule has 16 heteroatoms. The lowest BCUT2D eigenvalue weighted by Gasteiger charge is -1.98. The summed E-state index contributed by atoms with van der Waals surface area (Å²) >= 11 is 0. The van der Waals surface area contributed by atoms with Crippen molar-refractivity contribution in [2.75, 3.05) is 0 Å². The minimum Gasteiger partial charge on any atom is -0.362 e. The predicted octanol–water partition coefficient (Wildman–Crippen LogP) is 3.22. The fraction of sp³-hybridized carbons (Fsp3) is 0. The van der Waals surface area contributed by atoms with E-state index in [-0.39, 0.29) is 41.2 Å². The summed E-state index contributed by atoms with van der Waals surface area (Å²) in [7, 11) is -13.1. The molecule has 0 aliphatic rings. The molecule has 0 fully saturated rings. The number of hydrogen-bond donors (Lipinski definition) is 3. The molecule has 12 nitrogen and oxygen atoms in total. The number of para-hydroxylation sites is 3. The molecule has 0 saturated heterocycles. The monoisotopic (exact) mass is 650 g/mol. The van der Waals surface area contributed by atoms with E-state index in [0.717, 1.165) is 0 Å². The van der Waals surface area contributed by atoms with Crippen LogP contribution in [0.2, 0.25) is 0 Å². The summed E-state index contributed by atoms with van der Waals surface area (Å²) in [5, 5.41) is 0. The molecule has 0 aliphatic carbocycles. The van der Waals surface area contributed by atoms with Crippen LogP contribution in [0.3, 0.4) is 0 Å². The number of hydrogen-bond acceptors (Lipinski definition) is 9. The molecule has 0 bridgehead atoms. The Morgan fingerprint density at radius 3 is 0.735 bits per heavy atom. The van der Waals surface area contributed by atoms with Gasteiger partial charge < -0.3 is 12.5 Å². The van der Waals surface area contributed by atoms with Gasteiger partial charge in [0, 0.05) is 0 Å². The molecule has 0 aliphatic heterocycles. The molecule has 0 spiro atoms.